The van der Waals surface area contributed by atoms with Crippen molar-refractivity contribution in [3.8, 4) is 0 Å². The predicted octanol–water partition coefficient (Wildman–Crippen LogP) is 4.61. The zero-order chi connectivity index (χ0) is 17.5. The van der Waals surface area contributed by atoms with E-state index in [1.54, 1.807) is 0 Å². The van der Waals surface area contributed by atoms with E-state index in [1.807, 2.05) is 30.3 Å². The average Bonchev–Trinajstić information content (AvgIpc) is 2.46. The van der Waals surface area contributed by atoms with Crippen molar-refractivity contribution >= 4 is 8.32 Å². The SMILES string of the molecule is C[C@@H](CCO[Si](C)(C)C(C)(C)C)[C@H](O)COCc1ccccc1. The highest BCUT2D eigenvalue weighted by atomic mass is 28.4. The summed E-state index contributed by atoms with van der Waals surface area (Å²) in [6.07, 6.45) is 0.421. The van der Waals surface area contributed by atoms with Crippen LogP contribution in [0.5, 0.6) is 0 Å². The summed E-state index contributed by atoms with van der Waals surface area (Å²) in [6.45, 7) is 15.0. The Bertz CT molecular complexity index is 440. The van der Waals surface area contributed by atoms with E-state index < -0.39 is 14.4 Å². The fraction of sp³-hybridized carbons (Fsp3) is 0.684. The van der Waals surface area contributed by atoms with E-state index in [0.29, 0.717) is 19.8 Å². The van der Waals surface area contributed by atoms with Crippen LogP contribution in [0.25, 0.3) is 0 Å². The molecule has 0 heterocycles. The van der Waals surface area contributed by atoms with Gasteiger partial charge in [0.15, 0.2) is 8.32 Å². The molecular weight excluding hydrogens is 304 g/mol. The number of hydrogen-bond acceptors (Lipinski definition) is 3. The molecule has 0 saturated carbocycles. The maximum absolute atomic E-state index is 10.2. The van der Waals surface area contributed by atoms with Crippen LogP contribution >= 0.6 is 0 Å². The molecule has 0 bridgehead atoms. The van der Waals surface area contributed by atoms with Crippen LogP contribution in [-0.4, -0.2) is 32.7 Å². The molecule has 0 aliphatic heterocycles. The van der Waals surface area contributed by atoms with E-state index in [-0.39, 0.29) is 11.0 Å². The van der Waals surface area contributed by atoms with Crippen molar-refractivity contribution in [2.24, 2.45) is 5.92 Å². The lowest BCUT2D eigenvalue weighted by Gasteiger charge is -2.36. The third-order valence-electron chi connectivity index (χ3n) is 4.90. The van der Waals surface area contributed by atoms with Crippen LogP contribution in [0.2, 0.25) is 18.1 Å². The van der Waals surface area contributed by atoms with Gasteiger partial charge in [0.2, 0.25) is 0 Å². The summed E-state index contributed by atoms with van der Waals surface area (Å²) in [5.41, 5.74) is 1.13. The first-order chi connectivity index (χ1) is 10.6. The van der Waals surface area contributed by atoms with Crippen molar-refractivity contribution in [3.05, 3.63) is 35.9 Å². The number of benzene rings is 1. The van der Waals surface area contributed by atoms with E-state index in [4.69, 9.17) is 9.16 Å². The van der Waals surface area contributed by atoms with Crippen molar-refractivity contribution in [1.29, 1.82) is 0 Å². The molecule has 1 rings (SSSR count). The average molecular weight is 339 g/mol. The topological polar surface area (TPSA) is 38.7 Å². The molecule has 0 amide bonds. The first-order valence-corrected chi connectivity index (χ1v) is 11.5. The van der Waals surface area contributed by atoms with Gasteiger partial charge < -0.3 is 14.3 Å². The minimum absolute atomic E-state index is 0.176. The zero-order valence-corrected chi connectivity index (χ0v) is 16.6. The molecule has 0 aromatic heterocycles. The normalized spacial score (nSPS) is 15.4. The molecule has 0 spiro atoms. The molecule has 0 unspecified atom stereocenters. The Kier molecular flexibility index (Phi) is 7.94. The molecule has 132 valence electrons. The summed E-state index contributed by atoms with van der Waals surface area (Å²) in [6, 6.07) is 10.0. The second kappa shape index (κ2) is 8.97. The maximum Gasteiger partial charge on any atom is 0.191 e. The molecule has 0 aliphatic carbocycles. The first kappa shape index (κ1) is 20.4. The van der Waals surface area contributed by atoms with Gasteiger partial charge in [0.05, 0.1) is 19.3 Å². The molecule has 1 aromatic carbocycles. The summed E-state index contributed by atoms with van der Waals surface area (Å²) in [5.74, 6) is 0.176. The van der Waals surface area contributed by atoms with Gasteiger partial charge in [0.25, 0.3) is 0 Å². The van der Waals surface area contributed by atoms with Crippen LogP contribution in [0.3, 0.4) is 0 Å². The molecule has 0 saturated heterocycles. The lowest BCUT2D eigenvalue weighted by Crippen LogP contribution is -2.41. The van der Waals surface area contributed by atoms with Gasteiger partial charge in [-0.05, 0) is 36.0 Å². The number of aliphatic hydroxyl groups is 1. The highest BCUT2D eigenvalue weighted by Crippen LogP contribution is 2.36. The zero-order valence-electron chi connectivity index (χ0n) is 15.6. The van der Waals surface area contributed by atoms with Gasteiger partial charge in [-0.15, -0.1) is 0 Å². The van der Waals surface area contributed by atoms with Crippen molar-refractivity contribution in [2.45, 2.75) is 65.0 Å². The quantitative estimate of drug-likeness (QED) is 0.668. The Morgan fingerprint density at radius 2 is 1.74 bits per heavy atom. The number of hydrogen-bond donors (Lipinski definition) is 1. The van der Waals surface area contributed by atoms with Gasteiger partial charge in [-0.3, -0.25) is 0 Å². The first-order valence-electron chi connectivity index (χ1n) is 8.57. The predicted molar refractivity (Wildman–Crippen MR) is 99.0 cm³/mol. The Hall–Kier alpha value is -0.683. The third-order valence-corrected chi connectivity index (χ3v) is 9.44. The van der Waals surface area contributed by atoms with E-state index in [1.165, 1.54) is 0 Å². The number of aliphatic hydroxyl groups excluding tert-OH is 1. The van der Waals surface area contributed by atoms with Gasteiger partial charge in [0.1, 0.15) is 0 Å². The van der Waals surface area contributed by atoms with Crippen LogP contribution in [0, 0.1) is 5.92 Å². The lowest BCUT2D eigenvalue weighted by molar-refractivity contribution is -0.00263. The van der Waals surface area contributed by atoms with Crippen LogP contribution in [0.4, 0.5) is 0 Å². The Morgan fingerprint density at radius 3 is 2.30 bits per heavy atom. The van der Waals surface area contributed by atoms with Crippen LogP contribution in [0.1, 0.15) is 39.7 Å². The van der Waals surface area contributed by atoms with Crippen LogP contribution in [0.15, 0.2) is 30.3 Å². The summed E-state index contributed by atoms with van der Waals surface area (Å²) in [4.78, 5) is 0. The minimum Gasteiger partial charge on any atom is -0.417 e. The summed E-state index contributed by atoms with van der Waals surface area (Å²) in [7, 11) is -1.69. The maximum atomic E-state index is 10.2. The van der Waals surface area contributed by atoms with Gasteiger partial charge in [-0.1, -0.05) is 58.0 Å². The van der Waals surface area contributed by atoms with Gasteiger partial charge in [0, 0.05) is 6.61 Å². The van der Waals surface area contributed by atoms with E-state index in [9.17, 15) is 5.11 Å². The van der Waals surface area contributed by atoms with Crippen molar-refractivity contribution in [1.82, 2.24) is 0 Å². The van der Waals surface area contributed by atoms with Crippen molar-refractivity contribution in [2.75, 3.05) is 13.2 Å². The number of rotatable bonds is 9. The second-order valence-electron chi connectivity index (χ2n) is 7.94. The standard InChI is InChI=1S/C19H34O3Si/c1-16(12-13-22-23(5,6)19(2,3)4)18(20)15-21-14-17-10-8-7-9-11-17/h7-11,16,18,20H,12-15H2,1-6H3/t16-,18+/m0/s1. The molecular formula is C19H34O3Si. The fourth-order valence-corrected chi connectivity index (χ4v) is 3.01. The highest BCUT2D eigenvalue weighted by molar-refractivity contribution is 6.74. The molecule has 0 radical (unpaired) electrons. The van der Waals surface area contributed by atoms with Gasteiger partial charge in [-0.2, -0.15) is 0 Å². The Morgan fingerprint density at radius 1 is 1.13 bits per heavy atom. The highest BCUT2D eigenvalue weighted by Gasteiger charge is 2.37. The van der Waals surface area contributed by atoms with Crippen molar-refractivity contribution in [3.63, 3.8) is 0 Å². The van der Waals surface area contributed by atoms with Crippen LogP contribution < -0.4 is 0 Å². The molecule has 0 aliphatic rings. The third kappa shape index (κ3) is 7.17. The summed E-state index contributed by atoms with van der Waals surface area (Å²) < 4.78 is 11.8. The molecule has 4 heteroatoms. The molecule has 3 nitrogen and oxygen atoms in total. The Labute approximate surface area is 143 Å². The summed E-state index contributed by atoms with van der Waals surface area (Å²) in [5, 5.41) is 10.4. The van der Waals surface area contributed by atoms with E-state index >= 15 is 0 Å². The summed E-state index contributed by atoms with van der Waals surface area (Å²) >= 11 is 0. The van der Waals surface area contributed by atoms with Crippen LogP contribution in [-0.2, 0) is 15.8 Å². The Balaban J connectivity index is 2.25. The molecule has 2 atom stereocenters. The number of ether oxygens (including phenoxy) is 1. The molecule has 23 heavy (non-hydrogen) atoms. The molecule has 1 aromatic rings. The van der Waals surface area contributed by atoms with Gasteiger partial charge in [-0.25, -0.2) is 0 Å². The van der Waals surface area contributed by atoms with Gasteiger partial charge >= 0.3 is 0 Å². The molecule has 0 fully saturated rings. The smallest absolute Gasteiger partial charge is 0.191 e. The lowest BCUT2D eigenvalue weighted by atomic mass is 10.0. The fourth-order valence-electron chi connectivity index (χ4n) is 1.94. The van der Waals surface area contributed by atoms with Crippen molar-refractivity contribution < 1.29 is 14.3 Å². The molecule has 1 N–H and O–H groups in total. The second-order valence-corrected chi connectivity index (χ2v) is 12.8. The monoisotopic (exact) mass is 338 g/mol. The largest absolute Gasteiger partial charge is 0.417 e. The van der Waals surface area contributed by atoms with E-state index in [2.05, 4.69) is 40.8 Å². The van der Waals surface area contributed by atoms with E-state index in [0.717, 1.165) is 12.0 Å². The minimum atomic E-state index is -1.69.